The molecule has 0 aliphatic carbocycles. The standard InChI is InChI=1S/C17H23N3O/c1-2-8-16-15(6-1)19-17(21-16)12-20-10-4-5-13(11-20)14-7-3-9-18-14/h1-2,6,8,13-14,18H,3-5,7,9-12H2. The van der Waals surface area contributed by atoms with Crippen molar-refractivity contribution in [2.75, 3.05) is 19.6 Å². The average Bonchev–Trinajstić information content (AvgIpc) is 3.16. The molecule has 2 saturated heterocycles. The number of oxazole rings is 1. The van der Waals surface area contributed by atoms with Crippen molar-refractivity contribution in [2.45, 2.75) is 38.3 Å². The molecule has 2 aliphatic heterocycles. The van der Waals surface area contributed by atoms with Crippen molar-refractivity contribution >= 4 is 11.1 Å². The number of fused-ring (bicyclic) bond motifs is 1. The van der Waals surface area contributed by atoms with Gasteiger partial charge in [0, 0.05) is 12.6 Å². The van der Waals surface area contributed by atoms with Crippen LogP contribution < -0.4 is 5.32 Å². The van der Waals surface area contributed by atoms with Crippen molar-refractivity contribution < 1.29 is 4.42 Å². The van der Waals surface area contributed by atoms with Gasteiger partial charge in [0.15, 0.2) is 5.58 Å². The van der Waals surface area contributed by atoms with Crippen molar-refractivity contribution in [3.05, 3.63) is 30.2 Å². The summed E-state index contributed by atoms with van der Waals surface area (Å²) < 4.78 is 5.86. The van der Waals surface area contributed by atoms with Gasteiger partial charge in [0.05, 0.1) is 6.54 Å². The topological polar surface area (TPSA) is 41.3 Å². The predicted octanol–water partition coefficient (Wildman–Crippen LogP) is 2.79. The van der Waals surface area contributed by atoms with E-state index < -0.39 is 0 Å². The number of piperidine rings is 1. The average molecular weight is 285 g/mol. The highest BCUT2D eigenvalue weighted by Crippen LogP contribution is 2.26. The molecule has 2 aromatic rings. The van der Waals surface area contributed by atoms with Crippen LogP contribution in [-0.2, 0) is 6.54 Å². The zero-order valence-electron chi connectivity index (χ0n) is 12.4. The lowest BCUT2D eigenvalue weighted by Gasteiger charge is -2.35. The molecule has 4 heteroatoms. The number of para-hydroxylation sites is 2. The third-order valence-electron chi connectivity index (χ3n) is 4.91. The predicted molar refractivity (Wildman–Crippen MR) is 83.0 cm³/mol. The van der Waals surface area contributed by atoms with Crippen molar-refractivity contribution in [3.63, 3.8) is 0 Å². The molecule has 2 unspecified atom stereocenters. The van der Waals surface area contributed by atoms with Gasteiger partial charge in [-0.25, -0.2) is 4.98 Å². The first-order chi connectivity index (χ1) is 10.4. The first kappa shape index (κ1) is 13.3. The van der Waals surface area contributed by atoms with Gasteiger partial charge in [-0.05, 0) is 56.8 Å². The van der Waals surface area contributed by atoms with Crippen LogP contribution in [0.4, 0.5) is 0 Å². The van der Waals surface area contributed by atoms with Crippen molar-refractivity contribution in [1.82, 2.24) is 15.2 Å². The summed E-state index contributed by atoms with van der Waals surface area (Å²) in [5.74, 6) is 1.65. The summed E-state index contributed by atoms with van der Waals surface area (Å²) >= 11 is 0. The SMILES string of the molecule is c1ccc2oc(CN3CCCC(C4CCCN4)C3)nc2c1. The molecule has 0 amide bonds. The molecule has 1 aromatic heterocycles. The molecule has 2 aliphatic rings. The molecule has 4 rings (SSSR count). The van der Waals surface area contributed by atoms with Crippen molar-refractivity contribution in [1.29, 1.82) is 0 Å². The Morgan fingerprint density at radius 3 is 3.05 bits per heavy atom. The van der Waals surface area contributed by atoms with Gasteiger partial charge < -0.3 is 9.73 Å². The molecule has 0 bridgehead atoms. The molecular formula is C17H23N3O. The largest absolute Gasteiger partial charge is 0.439 e. The van der Waals surface area contributed by atoms with E-state index in [1.165, 1.54) is 45.3 Å². The van der Waals surface area contributed by atoms with E-state index in [4.69, 9.17) is 4.42 Å². The second kappa shape index (κ2) is 5.78. The van der Waals surface area contributed by atoms with E-state index in [-0.39, 0.29) is 0 Å². The van der Waals surface area contributed by atoms with E-state index in [1.807, 2.05) is 24.3 Å². The Morgan fingerprint density at radius 2 is 2.19 bits per heavy atom. The second-order valence-corrected chi connectivity index (χ2v) is 6.42. The van der Waals surface area contributed by atoms with Crippen LogP contribution in [0.15, 0.2) is 28.7 Å². The fourth-order valence-corrected chi connectivity index (χ4v) is 3.86. The van der Waals surface area contributed by atoms with Crippen LogP contribution in [0, 0.1) is 5.92 Å². The van der Waals surface area contributed by atoms with Crippen LogP contribution in [0.25, 0.3) is 11.1 Å². The van der Waals surface area contributed by atoms with E-state index in [1.54, 1.807) is 0 Å². The molecule has 3 heterocycles. The lowest BCUT2D eigenvalue weighted by atomic mass is 9.90. The molecule has 2 atom stereocenters. The van der Waals surface area contributed by atoms with Gasteiger partial charge in [0.1, 0.15) is 5.52 Å². The molecule has 21 heavy (non-hydrogen) atoms. The van der Waals surface area contributed by atoms with E-state index in [0.717, 1.165) is 35.5 Å². The van der Waals surface area contributed by atoms with Crippen molar-refractivity contribution in [3.8, 4) is 0 Å². The third kappa shape index (κ3) is 2.83. The lowest BCUT2D eigenvalue weighted by molar-refractivity contribution is 0.136. The van der Waals surface area contributed by atoms with Crippen molar-refractivity contribution in [2.24, 2.45) is 5.92 Å². The van der Waals surface area contributed by atoms with Gasteiger partial charge in [0.2, 0.25) is 5.89 Å². The smallest absolute Gasteiger partial charge is 0.209 e. The number of likely N-dealkylation sites (tertiary alicyclic amines) is 1. The zero-order chi connectivity index (χ0) is 14.1. The summed E-state index contributed by atoms with van der Waals surface area (Å²) in [5, 5.41) is 3.67. The lowest BCUT2D eigenvalue weighted by Crippen LogP contribution is -2.43. The number of hydrogen-bond donors (Lipinski definition) is 1. The fraction of sp³-hybridized carbons (Fsp3) is 0.588. The third-order valence-corrected chi connectivity index (χ3v) is 4.91. The Bertz CT molecular complexity index is 570. The number of rotatable bonds is 3. The van der Waals surface area contributed by atoms with Crippen LogP contribution in [0.2, 0.25) is 0 Å². The van der Waals surface area contributed by atoms with E-state index in [0.29, 0.717) is 0 Å². The molecular weight excluding hydrogens is 262 g/mol. The summed E-state index contributed by atoms with van der Waals surface area (Å²) in [6.07, 6.45) is 5.35. The highest BCUT2D eigenvalue weighted by atomic mass is 16.3. The Morgan fingerprint density at radius 1 is 1.24 bits per heavy atom. The fourth-order valence-electron chi connectivity index (χ4n) is 3.86. The van der Waals surface area contributed by atoms with E-state index in [9.17, 15) is 0 Å². The number of benzene rings is 1. The number of aromatic nitrogens is 1. The van der Waals surface area contributed by atoms with Crippen LogP contribution in [0.5, 0.6) is 0 Å². The maximum atomic E-state index is 5.86. The number of nitrogens with zero attached hydrogens (tertiary/aromatic N) is 2. The zero-order valence-corrected chi connectivity index (χ0v) is 12.4. The summed E-state index contributed by atoms with van der Waals surface area (Å²) in [7, 11) is 0. The van der Waals surface area contributed by atoms with Crippen LogP contribution in [0.1, 0.15) is 31.6 Å². The second-order valence-electron chi connectivity index (χ2n) is 6.42. The monoisotopic (exact) mass is 285 g/mol. The molecule has 4 nitrogen and oxygen atoms in total. The minimum absolute atomic E-state index is 0.733. The van der Waals surface area contributed by atoms with Gasteiger partial charge in [-0.2, -0.15) is 0 Å². The maximum Gasteiger partial charge on any atom is 0.209 e. The Kier molecular flexibility index (Phi) is 3.65. The van der Waals surface area contributed by atoms with Gasteiger partial charge in [0.25, 0.3) is 0 Å². The quantitative estimate of drug-likeness (QED) is 0.941. The Balaban J connectivity index is 1.43. The normalized spacial score (nSPS) is 27.4. The highest BCUT2D eigenvalue weighted by molar-refractivity contribution is 5.72. The molecule has 1 aromatic carbocycles. The summed E-state index contributed by atoms with van der Waals surface area (Å²) in [6, 6.07) is 8.76. The first-order valence-electron chi connectivity index (χ1n) is 8.19. The molecule has 0 saturated carbocycles. The molecule has 0 spiro atoms. The molecule has 0 radical (unpaired) electrons. The van der Waals surface area contributed by atoms with Gasteiger partial charge in [-0.3, -0.25) is 4.90 Å². The minimum Gasteiger partial charge on any atom is -0.439 e. The van der Waals surface area contributed by atoms with Crippen LogP contribution in [-0.4, -0.2) is 35.6 Å². The van der Waals surface area contributed by atoms with Crippen LogP contribution in [0.3, 0.4) is 0 Å². The van der Waals surface area contributed by atoms with E-state index in [2.05, 4.69) is 15.2 Å². The van der Waals surface area contributed by atoms with Gasteiger partial charge in [-0.15, -0.1) is 0 Å². The van der Waals surface area contributed by atoms with Gasteiger partial charge in [-0.1, -0.05) is 12.1 Å². The summed E-state index contributed by atoms with van der Waals surface area (Å²) in [6.45, 7) is 4.39. The summed E-state index contributed by atoms with van der Waals surface area (Å²) in [5.41, 5.74) is 1.87. The Hall–Kier alpha value is -1.39. The van der Waals surface area contributed by atoms with Gasteiger partial charge >= 0.3 is 0 Å². The number of nitrogens with one attached hydrogen (secondary N) is 1. The minimum atomic E-state index is 0.733. The first-order valence-corrected chi connectivity index (χ1v) is 8.19. The summed E-state index contributed by atoms with van der Waals surface area (Å²) in [4.78, 5) is 7.12. The van der Waals surface area contributed by atoms with Crippen LogP contribution >= 0.6 is 0 Å². The molecule has 112 valence electrons. The Labute approximate surface area is 125 Å². The molecule has 2 fully saturated rings. The molecule has 1 N–H and O–H groups in total. The number of hydrogen-bond acceptors (Lipinski definition) is 4. The maximum absolute atomic E-state index is 5.86. The van der Waals surface area contributed by atoms with E-state index >= 15 is 0 Å². The highest BCUT2D eigenvalue weighted by Gasteiger charge is 2.29.